The molecule has 0 fully saturated rings. The van der Waals surface area contributed by atoms with Gasteiger partial charge in [0.15, 0.2) is 5.82 Å². The largest absolute Gasteiger partial charge is 0.437 e. The first-order chi connectivity index (χ1) is 13.4. The lowest BCUT2D eigenvalue weighted by atomic mass is 9.77. The maximum absolute atomic E-state index is 12.6. The van der Waals surface area contributed by atoms with Crippen molar-refractivity contribution in [3.8, 4) is 5.69 Å². The minimum Gasteiger partial charge on any atom is -0.437 e. The number of rotatable bonds is 1. The fourth-order valence-electron chi connectivity index (χ4n) is 4.55. The second-order valence-electron chi connectivity index (χ2n) is 7.56. The van der Waals surface area contributed by atoms with Crippen molar-refractivity contribution in [2.75, 3.05) is 14.1 Å². The summed E-state index contributed by atoms with van der Waals surface area (Å²) >= 11 is 3.59. The molecule has 5 rings (SSSR count). The van der Waals surface area contributed by atoms with Gasteiger partial charge in [-0.05, 0) is 52.2 Å². The zero-order chi connectivity index (χ0) is 19.6. The van der Waals surface area contributed by atoms with Crippen LogP contribution in [0.1, 0.15) is 41.3 Å². The molecule has 8 heteroatoms. The number of nitrogens with zero attached hydrogens (tertiary/aromatic N) is 5. The summed E-state index contributed by atoms with van der Waals surface area (Å²) in [5.41, 5.74) is 3.28. The normalized spacial score (nSPS) is 24.0. The lowest BCUT2D eigenvalue weighted by Crippen LogP contribution is -2.39. The molecule has 0 spiro atoms. The van der Waals surface area contributed by atoms with Crippen molar-refractivity contribution < 1.29 is 9.53 Å². The van der Waals surface area contributed by atoms with E-state index in [9.17, 15) is 4.79 Å². The summed E-state index contributed by atoms with van der Waals surface area (Å²) < 4.78 is 8.84. The van der Waals surface area contributed by atoms with Gasteiger partial charge in [0, 0.05) is 24.5 Å². The Balaban J connectivity index is 1.80. The molecular formula is C20H18BrN5O2. The highest BCUT2D eigenvalue weighted by Crippen LogP contribution is 2.60. The monoisotopic (exact) mass is 439 g/mol. The molecule has 0 N–H and O–H groups in total. The highest BCUT2D eigenvalue weighted by atomic mass is 79.9. The van der Waals surface area contributed by atoms with Gasteiger partial charge >= 0.3 is 6.09 Å². The van der Waals surface area contributed by atoms with Crippen molar-refractivity contribution in [3.63, 3.8) is 0 Å². The fourth-order valence-corrected chi connectivity index (χ4v) is 4.92. The van der Waals surface area contributed by atoms with Crippen LogP contribution in [0.5, 0.6) is 0 Å². The second-order valence-corrected chi connectivity index (χ2v) is 8.48. The lowest BCUT2D eigenvalue weighted by molar-refractivity contribution is -0.0115. The predicted molar refractivity (Wildman–Crippen MR) is 105 cm³/mol. The molecule has 0 bridgehead atoms. The van der Waals surface area contributed by atoms with Gasteiger partial charge in [-0.15, -0.1) is 5.10 Å². The Morgan fingerprint density at radius 2 is 2.00 bits per heavy atom. The van der Waals surface area contributed by atoms with E-state index < -0.39 is 11.7 Å². The zero-order valence-corrected chi connectivity index (χ0v) is 17.2. The number of fused-ring (bicyclic) bond motifs is 8. The van der Waals surface area contributed by atoms with Crippen LogP contribution in [0, 0.1) is 0 Å². The molecule has 7 nitrogen and oxygen atoms in total. The van der Waals surface area contributed by atoms with Crippen molar-refractivity contribution >= 4 is 22.0 Å². The lowest BCUT2D eigenvalue weighted by Gasteiger charge is -2.37. The van der Waals surface area contributed by atoms with Gasteiger partial charge in [-0.25, -0.2) is 4.79 Å². The van der Waals surface area contributed by atoms with Gasteiger partial charge in [0.1, 0.15) is 5.60 Å². The maximum atomic E-state index is 12.6. The molecule has 1 aliphatic carbocycles. The van der Waals surface area contributed by atoms with Gasteiger partial charge in [-0.1, -0.05) is 40.2 Å². The Kier molecular flexibility index (Phi) is 3.64. The van der Waals surface area contributed by atoms with E-state index in [2.05, 4.69) is 43.6 Å². The average molecular weight is 440 g/mol. The number of amides is 1. The predicted octanol–water partition coefficient (Wildman–Crippen LogP) is 3.58. The van der Waals surface area contributed by atoms with Gasteiger partial charge in [0.25, 0.3) is 0 Å². The Bertz CT molecular complexity index is 1110. The minimum atomic E-state index is -0.894. The van der Waals surface area contributed by atoms with Crippen LogP contribution in [0.3, 0.4) is 0 Å². The Labute approximate surface area is 170 Å². The molecule has 3 aromatic rings. The van der Waals surface area contributed by atoms with E-state index in [1.165, 1.54) is 4.90 Å². The molecule has 3 unspecified atom stereocenters. The highest BCUT2D eigenvalue weighted by molar-refractivity contribution is 9.10. The maximum Gasteiger partial charge on any atom is 0.410 e. The number of halogens is 1. The first kappa shape index (κ1) is 17.4. The molecule has 2 aliphatic rings. The third-order valence-corrected chi connectivity index (χ3v) is 6.24. The minimum absolute atomic E-state index is 0.0119. The fraction of sp³-hybridized carbons (Fsp3) is 0.300. The Hall–Kier alpha value is -2.74. The van der Waals surface area contributed by atoms with Gasteiger partial charge in [0.2, 0.25) is 0 Å². The molecule has 0 radical (unpaired) electrons. The summed E-state index contributed by atoms with van der Waals surface area (Å²) in [5, 5.41) is 12.5. The van der Waals surface area contributed by atoms with Crippen molar-refractivity contribution in [2.45, 2.75) is 24.4 Å². The molecule has 3 atom stereocenters. The summed E-state index contributed by atoms with van der Waals surface area (Å²) in [6.45, 7) is 1.96. The van der Waals surface area contributed by atoms with E-state index in [1.807, 2.05) is 37.3 Å². The van der Waals surface area contributed by atoms with Gasteiger partial charge in [-0.3, -0.25) is 0 Å². The Morgan fingerprint density at radius 3 is 2.79 bits per heavy atom. The summed E-state index contributed by atoms with van der Waals surface area (Å²) in [4.78, 5) is 14.0. The van der Waals surface area contributed by atoms with E-state index in [-0.39, 0.29) is 11.8 Å². The van der Waals surface area contributed by atoms with E-state index in [0.29, 0.717) is 5.82 Å². The molecular weight excluding hydrogens is 422 g/mol. The average Bonchev–Trinajstić information content (AvgIpc) is 3.24. The van der Waals surface area contributed by atoms with E-state index >= 15 is 0 Å². The molecule has 2 heterocycles. The number of hydrogen-bond donors (Lipinski definition) is 0. The van der Waals surface area contributed by atoms with Crippen LogP contribution in [0.25, 0.3) is 5.69 Å². The number of benzene rings is 2. The van der Waals surface area contributed by atoms with Crippen LogP contribution in [0.4, 0.5) is 4.79 Å². The topological polar surface area (TPSA) is 73.1 Å². The number of tetrazole rings is 1. The molecule has 1 amide bonds. The third kappa shape index (κ3) is 2.21. The quantitative estimate of drug-likeness (QED) is 0.579. The van der Waals surface area contributed by atoms with Crippen molar-refractivity contribution in [3.05, 3.63) is 69.5 Å². The van der Waals surface area contributed by atoms with E-state index in [1.54, 1.807) is 18.8 Å². The van der Waals surface area contributed by atoms with Crippen molar-refractivity contribution in [1.82, 2.24) is 25.1 Å². The second kappa shape index (κ2) is 5.88. The van der Waals surface area contributed by atoms with Gasteiger partial charge in [-0.2, -0.15) is 4.68 Å². The number of hydrogen-bond acceptors (Lipinski definition) is 5. The SMILES string of the molecule is CN(C)C(=O)OC1(C)c2ccccc2C2c3cc(Br)ccc3-n3nnnc3C21. The molecule has 142 valence electrons. The third-order valence-electron chi connectivity index (χ3n) is 5.75. The van der Waals surface area contributed by atoms with Crippen LogP contribution >= 0.6 is 15.9 Å². The van der Waals surface area contributed by atoms with Gasteiger partial charge < -0.3 is 9.64 Å². The first-order valence-corrected chi connectivity index (χ1v) is 9.79. The van der Waals surface area contributed by atoms with E-state index in [4.69, 9.17) is 4.74 Å². The van der Waals surface area contributed by atoms with E-state index in [0.717, 1.165) is 26.9 Å². The molecule has 1 aliphatic heterocycles. The van der Waals surface area contributed by atoms with Crippen LogP contribution in [-0.2, 0) is 10.3 Å². The molecule has 28 heavy (non-hydrogen) atoms. The molecule has 2 aromatic carbocycles. The first-order valence-electron chi connectivity index (χ1n) is 8.99. The summed E-state index contributed by atoms with van der Waals surface area (Å²) in [6.07, 6.45) is -0.392. The van der Waals surface area contributed by atoms with Crippen LogP contribution in [-0.4, -0.2) is 45.3 Å². The van der Waals surface area contributed by atoms with Gasteiger partial charge in [0.05, 0.1) is 11.6 Å². The molecule has 0 saturated carbocycles. The van der Waals surface area contributed by atoms with Crippen LogP contribution in [0.15, 0.2) is 46.9 Å². The smallest absolute Gasteiger partial charge is 0.410 e. The molecule has 0 saturated heterocycles. The zero-order valence-electron chi connectivity index (χ0n) is 15.6. The number of carbonyl (C=O) groups is 1. The van der Waals surface area contributed by atoms with Crippen molar-refractivity contribution in [2.24, 2.45) is 0 Å². The van der Waals surface area contributed by atoms with Crippen LogP contribution in [0.2, 0.25) is 0 Å². The standard InChI is InChI=1S/C20H18BrN5O2/c1-20(28-19(27)25(2)3)14-7-5-4-6-12(14)16-13-10-11(21)8-9-15(13)26-18(17(16)20)22-23-24-26/h4-10,16-17H,1-3H3. The van der Waals surface area contributed by atoms with Crippen LogP contribution < -0.4 is 0 Å². The summed E-state index contributed by atoms with van der Waals surface area (Å²) in [5.74, 6) is 0.456. The summed E-state index contributed by atoms with van der Waals surface area (Å²) in [6, 6.07) is 14.2. The number of ether oxygens (including phenoxy) is 1. The number of aromatic nitrogens is 4. The molecule has 1 aromatic heterocycles. The number of carbonyl (C=O) groups excluding carboxylic acids is 1. The van der Waals surface area contributed by atoms with Crippen molar-refractivity contribution in [1.29, 1.82) is 0 Å². The summed E-state index contributed by atoms with van der Waals surface area (Å²) in [7, 11) is 3.36. The Morgan fingerprint density at radius 1 is 1.21 bits per heavy atom. The highest BCUT2D eigenvalue weighted by Gasteiger charge is 2.57.